The topological polar surface area (TPSA) is 47.4 Å². The van der Waals surface area contributed by atoms with E-state index >= 15 is 0 Å². The number of nitrogens with zero attached hydrogens (tertiary/aromatic N) is 3. The van der Waals surface area contributed by atoms with Crippen molar-refractivity contribution in [3.63, 3.8) is 0 Å². The minimum Gasteiger partial charge on any atom is -0.360 e. The van der Waals surface area contributed by atoms with E-state index in [2.05, 4.69) is 75.8 Å². The molecule has 1 aromatic heterocycles. The molecule has 0 unspecified atom stereocenters. The maximum atomic E-state index is 13.6. The van der Waals surface area contributed by atoms with Crippen molar-refractivity contribution in [3.8, 4) is 0 Å². The van der Waals surface area contributed by atoms with E-state index in [9.17, 15) is 4.79 Å². The van der Waals surface area contributed by atoms with E-state index in [0.717, 1.165) is 57.4 Å². The van der Waals surface area contributed by atoms with Gasteiger partial charge in [-0.1, -0.05) is 52.5 Å². The molecule has 5 nitrogen and oxygen atoms in total. The Hall–Kier alpha value is -1.92. The zero-order chi connectivity index (χ0) is 25.3. The molecule has 1 saturated heterocycles. The fourth-order valence-electron chi connectivity index (χ4n) is 5.58. The first-order valence-corrected chi connectivity index (χ1v) is 17.2. The standard InChI is InChI=1S/C29H45N3O2Si/c1-28(2,3)24-7-9-25(10-8-24)31-18-16-29(27(31)33)14-11-23(12-15-29)21-26-13-17-30-32(26)22-34-19-20-35(4,5)6/h7-10,13,17,23H,11-12,14-16,18-22H2,1-6H3/t23-,29-. The summed E-state index contributed by atoms with van der Waals surface area (Å²) in [5.41, 5.74) is 3.60. The third kappa shape index (κ3) is 6.26. The van der Waals surface area contributed by atoms with Gasteiger partial charge in [-0.2, -0.15) is 5.10 Å². The highest BCUT2D eigenvalue weighted by Gasteiger charge is 2.48. The zero-order valence-electron chi connectivity index (χ0n) is 22.8. The third-order valence-corrected chi connectivity index (χ3v) is 9.84. The van der Waals surface area contributed by atoms with Crippen molar-refractivity contribution in [2.24, 2.45) is 11.3 Å². The molecule has 1 aliphatic heterocycles. The normalized spacial score (nSPS) is 23.4. The summed E-state index contributed by atoms with van der Waals surface area (Å²) in [5.74, 6) is 0.964. The van der Waals surface area contributed by atoms with Crippen LogP contribution >= 0.6 is 0 Å². The number of anilines is 1. The molecule has 0 radical (unpaired) electrons. The summed E-state index contributed by atoms with van der Waals surface area (Å²) in [5, 5.41) is 4.51. The van der Waals surface area contributed by atoms with Crippen LogP contribution in [-0.4, -0.2) is 36.9 Å². The van der Waals surface area contributed by atoms with Gasteiger partial charge < -0.3 is 9.64 Å². The Morgan fingerprint density at radius 1 is 1.06 bits per heavy atom. The third-order valence-electron chi connectivity index (χ3n) is 8.13. The number of benzene rings is 1. The number of hydrogen-bond acceptors (Lipinski definition) is 3. The molecule has 1 aliphatic carbocycles. The molecular formula is C29H45N3O2Si. The Morgan fingerprint density at radius 2 is 1.74 bits per heavy atom. The van der Waals surface area contributed by atoms with Gasteiger partial charge in [0.1, 0.15) is 6.73 Å². The molecule has 0 bridgehead atoms. The number of carbonyl (C=O) groups is 1. The smallest absolute Gasteiger partial charge is 0.233 e. The second-order valence-electron chi connectivity index (χ2n) is 13.1. The first kappa shape index (κ1) is 26.1. The van der Waals surface area contributed by atoms with Gasteiger partial charge in [0.2, 0.25) is 5.91 Å². The number of ether oxygens (including phenoxy) is 1. The molecule has 1 amide bonds. The van der Waals surface area contributed by atoms with E-state index in [1.807, 2.05) is 15.8 Å². The second-order valence-corrected chi connectivity index (χ2v) is 18.7. The molecule has 0 N–H and O–H groups in total. The average Bonchev–Trinajstić information content (AvgIpc) is 3.36. The van der Waals surface area contributed by atoms with Crippen molar-refractivity contribution in [2.75, 3.05) is 18.1 Å². The second kappa shape index (κ2) is 10.2. The summed E-state index contributed by atoms with van der Waals surface area (Å²) >= 11 is 0. The fraction of sp³-hybridized carbons (Fsp3) is 0.655. The lowest BCUT2D eigenvalue weighted by Gasteiger charge is -2.36. The zero-order valence-corrected chi connectivity index (χ0v) is 23.8. The quantitative estimate of drug-likeness (QED) is 0.304. The molecule has 2 aromatic rings. The summed E-state index contributed by atoms with van der Waals surface area (Å²) in [6, 6.07) is 12.0. The highest BCUT2D eigenvalue weighted by Crippen LogP contribution is 2.48. The van der Waals surface area contributed by atoms with Crippen molar-refractivity contribution in [1.29, 1.82) is 0 Å². The van der Waals surface area contributed by atoms with Crippen LogP contribution in [0.5, 0.6) is 0 Å². The molecule has 2 heterocycles. The van der Waals surface area contributed by atoms with E-state index in [4.69, 9.17) is 4.74 Å². The lowest BCUT2D eigenvalue weighted by molar-refractivity contribution is -0.127. The van der Waals surface area contributed by atoms with Gasteiger partial charge >= 0.3 is 0 Å². The Bertz CT molecular complexity index is 992. The van der Waals surface area contributed by atoms with Crippen LogP contribution in [0, 0.1) is 11.3 Å². The SMILES string of the molecule is CC(C)(C)c1ccc(N2CC[C@]3(CC[C@@H](Cc4ccnn4COCC[Si](C)(C)C)CC3)C2=O)cc1. The Kier molecular flexibility index (Phi) is 7.63. The van der Waals surface area contributed by atoms with Crippen molar-refractivity contribution in [3.05, 3.63) is 47.8 Å². The van der Waals surface area contributed by atoms with Crippen LogP contribution in [0.25, 0.3) is 0 Å². The van der Waals surface area contributed by atoms with Crippen LogP contribution < -0.4 is 4.90 Å². The van der Waals surface area contributed by atoms with E-state index in [-0.39, 0.29) is 10.8 Å². The molecule has 0 atom stereocenters. The maximum Gasteiger partial charge on any atom is 0.233 e. The molecule has 1 saturated carbocycles. The van der Waals surface area contributed by atoms with Gasteiger partial charge in [-0.15, -0.1) is 0 Å². The van der Waals surface area contributed by atoms with Crippen molar-refractivity contribution < 1.29 is 9.53 Å². The number of hydrogen-bond donors (Lipinski definition) is 0. The lowest BCUT2D eigenvalue weighted by atomic mass is 9.68. The molecule has 1 spiro atoms. The van der Waals surface area contributed by atoms with Gasteiger partial charge in [0.05, 0.1) is 5.41 Å². The highest BCUT2D eigenvalue weighted by atomic mass is 28.3. The van der Waals surface area contributed by atoms with Crippen molar-refractivity contribution in [2.45, 2.75) is 97.1 Å². The van der Waals surface area contributed by atoms with Gasteiger partial charge in [0.15, 0.2) is 0 Å². The monoisotopic (exact) mass is 495 g/mol. The van der Waals surface area contributed by atoms with E-state index in [0.29, 0.717) is 18.6 Å². The molecular weight excluding hydrogens is 450 g/mol. The van der Waals surface area contributed by atoms with E-state index < -0.39 is 8.07 Å². The first-order valence-electron chi connectivity index (χ1n) is 13.5. The summed E-state index contributed by atoms with van der Waals surface area (Å²) in [6.07, 6.45) is 8.16. The van der Waals surface area contributed by atoms with Gasteiger partial charge in [0.25, 0.3) is 0 Å². The number of carbonyl (C=O) groups excluding carboxylic acids is 1. The average molecular weight is 496 g/mol. The number of aromatic nitrogens is 2. The van der Waals surface area contributed by atoms with E-state index in [1.165, 1.54) is 17.3 Å². The maximum absolute atomic E-state index is 13.6. The minimum atomic E-state index is -1.07. The molecule has 2 fully saturated rings. The summed E-state index contributed by atoms with van der Waals surface area (Å²) < 4.78 is 7.96. The Balaban J connectivity index is 1.30. The molecule has 2 aliphatic rings. The largest absolute Gasteiger partial charge is 0.360 e. The van der Waals surface area contributed by atoms with Crippen LogP contribution in [0.15, 0.2) is 36.5 Å². The molecule has 6 heteroatoms. The highest BCUT2D eigenvalue weighted by molar-refractivity contribution is 6.76. The van der Waals surface area contributed by atoms with Crippen LogP contribution in [0.1, 0.15) is 64.1 Å². The van der Waals surface area contributed by atoms with Crippen molar-refractivity contribution in [1.82, 2.24) is 9.78 Å². The minimum absolute atomic E-state index is 0.128. The van der Waals surface area contributed by atoms with Crippen LogP contribution in [0.4, 0.5) is 5.69 Å². The van der Waals surface area contributed by atoms with Crippen LogP contribution in [0.2, 0.25) is 25.7 Å². The summed E-state index contributed by atoms with van der Waals surface area (Å²) in [4.78, 5) is 15.6. The van der Waals surface area contributed by atoms with Gasteiger partial charge in [0, 0.05) is 38.8 Å². The van der Waals surface area contributed by atoms with Crippen LogP contribution in [0.3, 0.4) is 0 Å². The predicted octanol–water partition coefficient (Wildman–Crippen LogP) is 6.65. The fourth-order valence-corrected chi connectivity index (χ4v) is 6.34. The van der Waals surface area contributed by atoms with E-state index in [1.54, 1.807) is 0 Å². The van der Waals surface area contributed by atoms with Gasteiger partial charge in [-0.25, -0.2) is 4.68 Å². The predicted molar refractivity (Wildman–Crippen MR) is 147 cm³/mol. The van der Waals surface area contributed by atoms with Gasteiger partial charge in [-0.3, -0.25) is 4.79 Å². The Labute approximate surface area is 213 Å². The summed E-state index contributed by atoms with van der Waals surface area (Å²) in [6.45, 7) is 16.0. The molecule has 35 heavy (non-hydrogen) atoms. The van der Waals surface area contributed by atoms with Crippen LogP contribution in [-0.2, 0) is 28.1 Å². The van der Waals surface area contributed by atoms with Gasteiger partial charge in [-0.05, 0) is 79.7 Å². The summed E-state index contributed by atoms with van der Waals surface area (Å²) in [7, 11) is -1.07. The molecule has 4 rings (SSSR count). The first-order chi connectivity index (χ1) is 16.5. The number of amides is 1. The lowest BCUT2D eigenvalue weighted by Crippen LogP contribution is -2.38. The van der Waals surface area contributed by atoms with Crippen molar-refractivity contribution >= 4 is 19.7 Å². The Morgan fingerprint density at radius 3 is 2.37 bits per heavy atom. The molecule has 192 valence electrons. The number of rotatable bonds is 8. The molecule has 1 aromatic carbocycles.